The molecule has 0 aliphatic rings. The highest BCUT2D eigenvalue weighted by molar-refractivity contribution is 7.92. The van der Waals surface area contributed by atoms with E-state index < -0.39 is 10.0 Å². The highest BCUT2D eigenvalue weighted by atomic mass is 32.2. The van der Waals surface area contributed by atoms with Gasteiger partial charge < -0.3 is 5.11 Å². The van der Waals surface area contributed by atoms with Gasteiger partial charge in [0.2, 0.25) is 0 Å². The van der Waals surface area contributed by atoms with Crippen LogP contribution in [-0.4, -0.2) is 13.5 Å². The Balaban J connectivity index is 1.95. The number of aromatic hydroxyl groups is 1. The number of nitrogens with one attached hydrogen (secondary N) is 1. The zero-order valence-corrected chi connectivity index (χ0v) is 14.9. The Kier molecular flexibility index (Phi) is 4.49. The first kappa shape index (κ1) is 17.0. The van der Waals surface area contributed by atoms with Gasteiger partial charge in [0, 0.05) is 0 Å². The lowest BCUT2D eigenvalue weighted by Gasteiger charge is -2.12. The van der Waals surface area contributed by atoms with E-state index in [0.29, 0.717) is 10.6 Å². The van der Waals surface area contributed by atoms with Crippen molar-refractivity contribution in [1.29, 1.82) is 5.26 Å². The van der Waals surface area contributed by atoms with Gasteiger partial charge >= 0.3 is 0 Å². The van der Waals surface area contributed by atoms with Gasteiger partial charge in [-0.2, -0.15) is 5.26 Å². The average molecular weight is 370 g/mol. The van der Waals surface area contributed by atoms with E-state index in [1.54, 1.807) is 12.1 Å². The molecule has 25 heavy (non-hydrogen) atoms. The van der Waals surface area contributed by atoms with E-state index >= 15 is 0 Å². The zero-order valence-electron chi connectivity index (χ0n) is 13.2. The van der Waals surface area contributed by atoms with Crippen LogP contribution in [0.5, 0.6) is 5.75 Å². The summed E-state index contributed by atoms with van der Waals surface area (Å²) in [4.78, 5) is 0.666. The number of nitrogens with zero attached hydrogens (tertiary/aromatic N) is 1. The molecule has 0 aliphatic heterocycles. The van der Waals surface area contributed by atoms with Gasteiger partial charge in [0.15, 0.2) is 0 Å². The van der Waals surface area contributed by atoms with E-state index in [9.17, 15) is 13.5 Å². The first-order valence-corrected chi connectivity index (χ1v) is 9.67. The fraction of sp³-hybridized carbons (Fsp3) is 0.0556. The van der Waals surface area contributed by atoms with Gasteiger partial charge in [-0.25, -0.2) is 8.42 Å². The van der Waals surface area contributed by atoms with Crippen LogP contribution in [0.1, 0.15) is 10.4 Å². The number of benzene rings is 2. The molecule has 3 aromatic rings. The van der Waals surface area contributed by atoms with E-state index in [0.717, 1.165) is 16.7 Å². The van der Waals surface area contributed by atoms with Crippen molar-refractivity contribution < 1.29 is 13.5 Å². The summed E-state index contributed by atoms with van der Waals surface area (Å²) in [6, 6.07) is 14.7. The minimum Gasteiger partial charge on any atom is -0.508 e. The molecule has 0 saturated carbocycles. The topological polar surface area (TPSA) is 90.2 Å². The number of thiophene rings is 1. The summed E-state index contributed by atoms with van der Waals surface area (Å²) < 4.78 is 27.6. The van der Waals surface area contributed by atoms with Crippen LogP contribution in [-0.2, 0) is 10.0 Å². The maximum Gasteiger partial charge on any atom is 0.261 e. The molecule has 0 spiro atoms. The Morgan fingerprint density at radius 2 is 1.80 bits per heavy atom. The summed E-state index contributed by atoms with van der Waals surface area (Å²) in [5.74, 6) is 0.00267. The van der Waals surface area contributed by atoms with Gasteiger partial charge in [-0.3, -0.25) is 4.72 Å². The largest absolute Gasteiger partial charge is 0.508 e. The van der Waals surface area contributed by atoms with Crippen molar-refractivity contribution in [3.05, 3.63) is 64.4 Å². The molecule has 1 aromatic heterocycles. The van der Waals surface area contributed by atoms with Gasteiger partial charge in [-0.15, -0.1) is 11.3 Å². The van der Waals surface area contributed by atoms with Crippen molar-refractivity contribution in [2.24, 2.45) is 0 Å². The van der Waals surface area contributed by atoms with Crippen molar-refractivity contribution in [3.63, 3.8) is 0 Å². The molecular weight excluding hydrogens is 356 g/mol. The van der Waals surface area contributed by atoms with Gasteiger partial charge in [0.05, 0.1) is 10.6 Å². The van der Waals surface area contributed by atoms with Crippen LogP contribution in [0.4, 0.5) is 5.69 Å². The van der Waals surface area contributed by atoms with Gasteiger partial charge in [0.1, 0.15) is 16.7 Å². The molecule has 0 radical (unpaired) electrons. The van der Waals surface area contributed by atoms with Gasteiger partial charge in [-0.1, -0.05) is 12.1 Å². The standard InChI is InChI=1S/C18H14N2O3S2/c1-12-2-3-13(14-8-16(10-19)24-11-14)9-18(12)20-25(22,23)17-6-4-15(21)5-7-17/h2-9,11,20-21H,1H3. The third-order valence-corrected chi connectivity index (χ3v) is 5.89. The molecule has 0 fully saturated rings. The Morgan fingerprint density at radius 3 is 2.44 bits per heavy atom. The smallest absolute Gasteiger partial charge is 0.261 e. The van der Waals surface area contributed by atoms with Gasteiger partial charge in [0.25, 0.3) is 10.0 Å². The van der Waals surface area contributed by atoms with E-state index in [1.165, 1.54) is 35.6 Å². The summed E-state index contributed by atoms with van der Waals surface area (Å²) >= 11 is 1.34. The number of phenols is 1. The molecule has 2 aromatic carbocycles. The number of aryl methyl sites for hydroxylation is 1. The van der Waals surface area contributed by atoms with Crippen molar-refractivity contribution in [2.75, 3.05) is 4.72 Å². The lowest BCUT2D eigenvalue weighted by molar-refractivity contribution is 0.475. The third kappa shape index (κ3) is 3.65. The van der Waals surface area contributed by atoms with E-state index in [1.807, 2.05) is 24.4 Å². The van der Waals surface area contributed by atoms with Crippen molar-refractivity contribution >= 4 is 27.0 Å². The van der Waals surface area contributed by atoms with Crippen LogP contribution in [0, 0.1) is 18.3 Å². The number of anilines is 1. The summed E-state index contributed by atoms with van der Waals surface area (Å²) in [6.45, 7) is 1.81. The second-order valence-corrected chi connectivity index (χ2v) is 8.03. The van der Waals surface area contributed by atoms with Crippen LogP contribution < -0.4 is 4.72 Å². The molecule has 0 unspecified atom stereocenters. The molecule has 2 N–H and O–H groups in total. The normalized spacial score (nSPS) is 11.0. The summed E-state index contributed by atoms with van der Waals surface area (Å²) in [5, 5.41) is 20.1. The average Bonchev–Trinajstić information content (AvgIpc) is 3.06. The van der Waals surface area contributed by atoms with Crippen molar-refractivity contribution in [1.82, 2.24) is 0 Å². The van der Waals surface area contributed by atoms with Crippen molar-refractivity contribution in [2.45, 2.75) is 11.8 Å². The van der Waals surface area contributed by atoms with Gasteiger partial charge in [-0.05, 0) is 65.4 Å². The minimum absolute atomic E-state index is 0.00267. The van der Waals surface area contributed by atoms with E-state index in [2.05, 4.69) is 10.8 Å². The first-order chi connectivity index (χ1) is 11.9. The summed E-state index contributed by atoms with van der Waals surface area (Å²) in [6.07, 6.45) is 0. The highest BCUT2D eigenvalue weighted by Gasteiger charge is 2.16. The number of hydrogen-bond donors (Lipinski definition) is 2. The lowest BCUT2D eigenvalue weighted by atomic mass is 10.1. The Morgan fingerprint density at radius 1 is 1.08 bits per heavy atom. The van der Waals surface area contributed by atoms with E-state index in [4.69, 9.17) is 5.26 Å². The number of phenolic OH excluding ortho intramolecular Hbond substituents is 1. The predicted octanol–water partition coefficient (Wildman–Crippen LogP) is 4.10. The Hall–Kier alpha value is -2.82. The number of rotatable bonds is 4. The van der Waals surface area contributed by atoms with Crippen molar-refractivity contribution in [3.8, 4) is 22.9 Å². The fourth-order valence-corrected chi connectivity index (χ4v) is 4.11. The molecule has 126 valence electrons. The number of nitriles is 1. The summed E-state index contributed by atoms with van der Waals surface area (Å²) in [7, 11) is -3.76. The maximum absolute atomic E-state index is 12.5. The fourth-order valence-electron chi connectivity index (χ4n) is 2.29. The molecular formula is C18H14N2O3S2. The second kappa shape index (κ2) is 6.59. The monoisotopic (exact) mass is 370 g/mol. The van der Waals surface area contributed by atoms with Crippen LogP contribution >= 0.6 is 11.3 Å². The molecule has 1 heterocycles. The number of hydrogen-bond acceptors (Lipinski definition) is 5. The van der Waals surface area contributed by atoms with Crippen LogP contribution in [0.15, 0.2) is 58.8 Å². The van der Waals surface area contributed by atoms with Crippen LogP contribution in [0.2, 0.25) is 0 Å². The molecule has 0 bridgehead atoms. The Bertz CT molecular complexity index is 1060. The zero-order chi connectivity index (χ0) is 18.0. The molecule has 0 saturated heterocycles. The molecule has 0 amide bonds. The second-order valence-electron chi connectivity index (χ2n) is 5.44. The molecule has 5 nitrogen and oxygen atoms in total. The van der Waals surface area contributed by atoms with Crippen LogP contribution in [0.3, 0.4) is 0 Å². The lowest BCUT2D eigenvalue weighted by Crippen LogP contribution is -2.13. The molecule has 7 heteroatoms. The minimum atomic E-state index is -3.76. The molecule has 0 atom stereocenters. The Labute approximate surface area is 149 Å². The predicted molar refractivity (Wildman–Crippen MR) is 98.1 cm³/mol. The summed E-state index contributed by atoms with van der Waals surface area (Å²) in [5.41, 5.74) is 2.94. The van der Waals surface area contributed by atoms with Crippen LogP contribution in [0.25, 0.3) is 11.1 Å². The third-order valence-electron chi connectivity index (χ3n) is 3.67. The highest BCUT2D eigenvalue weighted by Crippen LogP contribution is 2.30. The SMILES string of the molecule is Cc1ccc(-c2csc(C#N)c2)cc1NS(=O)(=O)c1ccc(O)cc1. The molecule has 3 rings (SSSR count). The molecule has 0 aliphatic carbocycles. The number of sulfonamides is 1. The first-order valence-electron chi connectivity index (χ1n) is 7.30. The quantitative estimate of drug-likeness (QED) is 0.723. The maximum atomic E-state index is 12.5. The van der Waals surface area contributed by atoms with E-state index in [-0.39, 0.29) is 10.6 Å².